The van der Waals surface area contributed by atoms with E-state index in [0.717, 1.165) is 0 Å². The van der Waals surface area contributed by atoms with Crippen molar-refractivity contribution in [1.82, 2.24) is 4.72 Å². The predicted octanol–water partition coefficient (Wildman–Crippen LogP) is 2.33. The maximum absolute atomic E-state index is 11.7. The topological polar surface area (TPSA) is 84.5 Å². The summed E-state index contributed by atoms with van der Waals surface area (Å²) in [4.78, 5) is 11.7. The molecule has 0 saturated heterocycles. The summed E-state index contributed by atoms with van der Waals surface area (Å²) in [6, 6.07) is 5.86. The Balaban J connectivity index is 2.75. The Labute approximate surface area is 119 Å². The van der Waals surface area contributed by atoms with Gasteiger partial charge in [-0.05, 0) is 45.0 Å². The molecule has 0 heterocycles. The van der Waals surface area contributed by atoms with E-state index in [1.165, 1.54) is 24.3 Å². The van der Waals surface area contributed by atoms with Crippen molar-refractivity contribution in [2.75, 3.05) is 11.9 Å². The molecule has 112 valence electrons. The summed E-state index contributed by atoms with van der Waals surface area (Å²) in [5.74, 6) is 0. The van der Waals surface area contributed by atoms with Gasteiger partial charge in [-0.25, -0.2) is 17.9 Å². The molecule has 0 radical (unpaired) electrons. The van der Waals surface area contributed by atoms with Crippen LogP contribution in [0.5, 0.6) is 0 Å². The Morgan fingerprint density at radius 2 is 1.75 bits per heavy atom. The van der Waals surface area contributed by atoms with Crippen LogP contribution in [-0.2, 0) is 14.8 Å². The first-order valence-electron chi connectivity index (χ1n) is 6.24. The molecule has 1 aromatic carbocycles. The van der Waals surface area contributed by atoms with Crippen molar-refractivity contribution < 1.29 is 17.9 Å². The number of hydrogen-bond donors (Lipinski definition) is 2. The minimum Gasteiger partial charge on any atom is -0.444 e. The van der Waals surface area contributed by atoms with Crippen molar-refractivity contribution in [2.24, 2.45) is 0 Å². The largest absolute Gasteiger partial charge is 0.444 e. The minimum atomic E-state index is -3.48. The highest BCUT2D eigenvalue weighted by Crippen LogP contribution is 2.15. The average molecular weight is 300 g/mol. The SMILES string of the molecule is CCNS(=O)(=O)c1ccc(NC(=O)OC(C)(C)C)cc1. The Morgan fingerprint density at radius 3 is 2.20 bits per heavy atom. The molecule has 6 nitrogen and oxygen atoms in total. The van der Waals surface area contributed by atoms with Crippen LogP contribution in [0.2, 0.25) is 0 Å². The molecule has 20 heavy (non-hydrogen) atoms. The maximum Gasteiger partial charge on any atom is 0.412 e. The third-order valence-electron chi connectivity index (χ3n) is 2.14. The first-order chi connectivity index (χ1) is 9.14. The molecule has 0 fully saturated rings. The van der Waals surface area contributed by atoms with Crippen LogP contribution in [0.3, 0.4) is 0 Å². The van der Waals surface area contributed by atoms with Gasteiger partial charge in [0.05, 0.1) is 4.90 Å². The van der Waals surface area contributed by atoms with Gasteiger partial charge in [0.2, 0.25) is 10.0 Å². The molecule has 2 N–H and O–H groups in total. The zero-order valence-electron chi connectivity index (χ0n) is 12.1. The molecule has 0 unspecified atom stereocenters. The van der Waals surface area contributed by atoms with Crippen LogP contribution in [-0.4, -0.2) is 26.7 Å². The second kappa shape index (κ2) is 6.23. The zero-order valence-corrected chi connectivity index (χ0v) is 12.9. The van der Waals surface area contributed by atoms with E-state index in [1.54, 1.807) is 27.7 Å². The van der Waals surface area contributed by atoms with Gasteiger partial charge in [0.15, 0.2) is 0 Å². The van der Waals surface area contributed by atoms with E-state index in [1.807, 2.05) is 0 Å². The summed E-state index contributed by atoms with van der Waals surface area (Å²) in [5, 5.41) is 2.53. The van der Waals surface area contributed by atoms with E-state index in [4.69, 9.17) is 4.74 Å². The maximum atomic E-state index is 11.7. The van der Waals surface area contributed by atoms with Gasteiger partial charge in [-0.3, -0.25) is 5.32 Å². The number of carbonyl (C=O) groups is 1. The Kier molecular flexibility index (Phi) is 5.13. The summed E-state index contributed by atoms with van der Waals surface area (Å²) in [7, 11) is -3.48. The highest BCUT2D eigenvalue weighted by atomic mass is 32.2. The third kappa shape index (κ3) is 5.18. The Bertz CT molecular complexity index is 559. The van der Waals surface area contributed by atoms with Crippen LogP contribution in [0.1, 0.15) is 27.7 Å². The van der Waals surface area contributed by atoms with Crippen molar-refractivity contribution in [3.63, 3.8) is 0 Å². The standard InChI is InChI=1S/C13H20N2O4S/c1-5-14-20(17,18)11-8-6-10(7-9-11)15-12(16)19-13(2,3)4/h6-9,14H,5H2,1-4H3,(H,15,16). The van der Waals surface area contributed by atoms with Gasteiger partial charge in [-0.15, -0.1) is 0 Å². The number of sulfonamides is 1. The number of benzene rings is 1. The normalized spacial score (nSPS) is 12.0. The molecular formula is C13H20N2O4S. The fourth-order valence-electron chi connectivity index (χ4n) is 1.41. The molecular weight excluding hydrogens is 280 g/mol. The minimum absolute atomic E-state index is 0.147. The third-order valence-corrected chi connectivity index (χ3v) is 3.71. The van der Waals surface area contributed by atoms with Crippen LogP contribution >= 0.6 is 0 Å². The monoisotopic (exact) mass is 300 g/mol. The van der Waals surface area contributed by atoms with Crippen molar-refractivity contribution in [3.05, 3.63) is 24.3 Å². The predicted molar refractivity (Wildman–Crippen MR) is 77.2 cm³/mol. The number of anilines is 1. The smallest absolute Gasteiger partial charge is 0.412 e. The van der Waals surface area contributed by atoms with Crippen LogP contribution in [0.4, 0.5) is 10.5 Å². The van der Waals surface area contributed by atoms with E-state index in [2.05, 4.69) is 10.0 Å². The van der Waals surface area contributed by atoms with E-state index in [0.29, 0.717) is 12.2 Å². The van der Waals surface area contributed by atoms with E-state index >= 15 is 0 Å². The first kappa shape index (κ1) is 16.5. The molecule has 0 aromatic heterocycles. The average Bonchev–Trinajstić information content (AvgIpc) is 2.26. The lowest BCUT2D eigenvalue weighted by Crippen LogP contribution is -2.27. The van der Waals surface area contributed by atoms with Crippen molar-refractivity contribution >= 4 is 21.8 Å². The van der Waals surface area contributed by atoms with Gasteiger partial charge in [0.1, 0.15) is 5.60 Å². The molecule has 7 heteroatoms. The summed E-state index contributed by atoms with van der Waals surface area (Å²) in [6.07, 6.45) is -0.584. The number of nitrogens with one attached hydrogen (secondary N) is 2. The molecule has 0 atom stereocenters. The van der Waals surface area contributed by atoms with Crippen LogP contribution in [0.15, 0.2) is 29.2 Å². The summed E-state index contributed by atoms with van der Waals surface area (Å²) >= 11 is 0. The van der Waals surface area contributed by atoms with Gasteiger partial charge in [-0.1, -0.05) is 6.92 Å². The number of hydrogen-bond acceptors (Lipinski definition) is 4. The molecule has 0 aliphatic carbocycles. The summed E-state index contributed by atoms with van der Waals surface area (Å²) in [5.41, 5.74) is -0.118. The van der Waals surface area contributed by atoms with Gasteiger partial charge in [-0.2, -0.15) is 0 Å². The quantitative estimate of drug-likeness (QED) is 0.893. The highest BCUT2D eigenvalue weighted by molar-refractivity contribution is 7.89. The van der Waals surface area contributed by atoms with E-state index in [-0.39, 0.29) is 4.90 Å². The molecule has 1 amide bonds. The number of carbonyl (C=O) groups excluding carboxylic acids is 1. The lowest BCUT2D eigenvalue weighted by Gasteiger charge is -2.19. The molecule has 1 aromatic rings. The van der Waals surface area contributed by atoms with Crippen molar-refractivity contribution in [2.45, 2.75) is 38.2 Å². The number of rotatable bonds is 4. The molecule has 0 aliphatic heterocycles. The molecule has 0 aliphatic rings. The Hall–Kier alpha value is -1.60. The lowest BCUT2D eigenvalue weighted by atomic mass is 10.2. The van der Waals surface area contributed by atoms with Crippen molar-refractivity contribution in [1.29, 1.82) is 0 Å². The van der Waals surface area contributed by atoms with Gasteiger partial charge in [0.25, 0.3) is 0 Å². The van der Waals surface area contributed by atoms with Crippen LogP contribution in [0, 0.1) is 0 Å². The lowest BCUT2D eigenvalue weighted by molar-refractivity contribution is 0.0636. The number of ether oxygens (including phenoxy) is 1. The van der Waals surface area contributed by atoms with E-state index < -0.39 is 21.7 Å². The highest BCUT2D eigenvalue weighted by Gasteiger charge is 2.17. The fraction of sp³-hybridized carbons (Fsp3) is 0.462. The molecule has 0 saturated carbocycles. The van der Waals surface area contributed by atoms with Crippen LogP contribution < -0.4 is 10.0 Å². The second-order valence-electron chi connectivity index (χ2n) is 5.15. The molecule has 0 spiro atoms. The van der Waals surface area contributed by atoms with Gasteiger partial charge >= 0.3 is 6.09 Å². The summed E-state index contributed by atoms with van der Waals surface area (Å²) < 4.78 is 30.9. The van der Waals surface area contributed by atoms with Crippen molar-refractivity contribution in [3.8, 4) is 0 Å². The molecule has 0 bridgehead atoms. The summed E-state index contributed by atoms with van der Waals surface area (Å²) in [6.45, 7) is 7.31. The Morgan fingerprint density at radius 1 is 1.20 bits per heavy atom. The zero-order chi connectivity index (χ0) is 15.4. The second-order valence-corrected chi connectivity index (χ2v) is 6.92. The fourth-order valence-corrected chi connectivity index (χ4v) is 2.45. The van der Waals surface area contributed by atoms with Crippen LogP contribution in [0.25, 0.3) is 0 Å². The molecule has 1 rings (SSSR count). The van der Waals surface area contributed by atoms with Gasteiger partial charge in [0, 0.05) is 12.2 Å². The van der Waals surface area contributed by atoms with E-state index in [9.17, 15) is 13.2 Å². The van der Waals surface area contributed by atoms with Gasteiger partial charge < -0.3 is 4.74 Å². The first-order valence-corrected chi connectivity index (χ1v) is 7.72. The number of amides is 1.